The van der Waals surface area contributed by atoms with Crippen LogP contribution >= 0.6 is 23.2 Å². The molecular formula is C17H13Cl2NO2. The van der Waals surface area contributed by atoms with Crippen molar-refractivity contribution in [3.63, 3.8) is 0 Å². The van der Waals surface area contributed by atoms with Gasteiger partial charge in [0.2, 0.25) is 5.91 Å². The first-order chi connectivity index (χ1) is 10.5. The molecule has 2 aromatic carbocycles. The Morgan fingerprint density at radius 2 is 2.05 bits per heavy atom. The number of halogens is 2. The van der Waals surface area contributed by atoms with Crippen molar-refractivity contribution in [2.24, 2.45) is 0 Å². The molecule has 0 saturated carbocycles. The van der Waals surface area contributed by atoms with E-state index < -0.39 is 0 Å². The summed E-state index contributed by atoms with van der Waals surface area (Å²) in [4.78, 5) is 12.2. The Morgan fingerprint density at radius 1 is 1.23 bits per heavy atom. The summed E-state index contributed by atoms with van der Waals surface area (Å²) in [7, 11) is 0. The Morgan fingerprint density at radius 3 is 2.86 bits per heavy atom. The molecule has 1 amide bonds. The van der Waals surface area contributed by atoms with Crippen molar-refractivity contribution in [3.8, 4) is 0 Å². The third-order valence-corrected chi connectivity index (χ3v) is 4.20. The van der Waals surface area contributed by atoms with Gasteiger partial charge in [0, 0.05) is 10.9 Å². The molecule has 0 atom stereocenters. The predicted molar refractivity (Wildman–Crippen MR) is 89.7 cm³/mol. The zero-order valence-electron chi connectivity index (χ0n) is 11.8. The molecule has 3 rings (SSSR count). The fraction of sp³-hybridized carbons (Fsp3) is 0.118. The van der Waals surface area contributed by atoms with Gasteiger partial charge in [-0.05, 0) is 31.2 Å². The molecule has 22 heavy (non-hydrogen) atoms. The van der Waals surface area contributed by atoms with Crippen LogP contribution in [0.4, 0.5) is 5.69 Å². The Labute approximate surface area is 137 Å². The van der Waals surface area contributed by atoms with Crippen LogP contribution in [0.15, 0.2) is 47.1 Å². The normalized spacial score (nSPS) is 10.9. The fourth-order valence-corrected chi connectivity index (χ4v) is 2.65. The maximum Gasteiger partial charge on any atom is 0.228 e. The average Bonchev–Trinajstić information content (AvgIpc) is 2.86. The minimum absolute atomic E-state index is 0.173. The SMILES string of the molecule is Cc1ccc2occ(CC(=O)Nc3cccc(Cl)c3Cl)c2c1. The molecule has 0 unspecified atom stereocenters. The molecule has 5 heteroatoms. The quantitative estimate of drug-likeness (QED) is 0.713. The second kappa shape index (κ2) is 6.03. The number of carbonyl (C=O) groups excluding carboxylic acids is 1. The molecule has 0 aliphatic carbocycles. The lowest BCUT2D eigenvalue weighted by Crippen LogP contribution is -2.14. The smallest absolute Gasteiger partial charge is 0.228 e. The fourth-order valence-electron chi connectivity index (χ4n) is 2.30. The molecule has 0 spiro atoms. The van der Waals surface area contributed by atoms with Gasteiger partial charge in [-0.3, -0.25) is 4.79 Å². The molecule has 112 valence electrons. The second-order valence-corrected chi connectivity index (χ2v) is 5.87. The summed E-state index contributed by atoms with van der Waals surface area (Å²) in [5.41, 5.74) is 3.24. The summed E-state index contributed by atoms with van der Waals surface area (Å²) < 4.78 is 5.47. The largest absolute Gasteiger partial charge is 0.464 e. The van der Waals surface area contributed by atoms with Gasteiger partial charge in [-0.15, -0.1) is 0 Å². The van der Waals surface area contributed by atoms with Gasteiger partial charge in [0.25, 0.3) is 0 Å². The van der Waals surface area contributed by atoms with E-state index in [1.165, 1.54) is 0 Å². The molecule has 1 heterocycles. The molecule has 0 saturated heterocycles. The summed E-state index contributed by atoms with van der Waals surface area (Å²) in [5, 5.41) is 4.47. The van der Waals surface area contributed by atoms with Crippen LogP contribution in [0.25, 0.3) is 11.0 Å². The minimum atomic E-state index is -0.173. The number of anilines is 1. The van der Waals surface area contributed by atoms with Gasteiger partial charge in [0.15, 0.2) is 0 Å². The van der Waals surface area contributed by atoms with Crippen molar-refractivity contribution < 1.29 is 9.21 Å². The molecule has 0 radical (unpaired) electrons. The summed E-state index contributed by atoms with van der Waals surface area (Å²) in [6.07, 6.45) is 1.82. The highest BCUT2D eigenvalue weighted by atomic mass is 35.5. The number of nitrogens with one attached hydrogen (secondary N) is 1. The zero-order chi connectivity index (χ0) is 15.7. The number of amides is 1. The van der Waals surface area contributed by atoms with Crippen molar-refractivity contribution in [2.75, 3.05) is 5.32 Å². The first kappa shape index (κ1) is 14.9. The van der Waals surface area contributed by atoms with Crippen LogP contribution in [0, 0.1) is 6.92 Å². The molecule has 0 aliphatic heterocycles. The van der Waals surface area contributed by atoms with E-state index in [-0.39, 0.29) is 12.3 Å². The van der Waals surface area contributed by atoms with Gasteiger partial charge in [-0.2, -0.15) is 0 Å². The summed E-state index contributed by atoms with van der Waals surface area (Å²) in [5.74, 6) is -0.173. The van der Waals surface area contributed by atoms with Crippen LogP contribution in [0.3, 0.4) is 0 Å². The van der Waals surface area contributed by atoms with Gasteiger partial charge >= 0.3 is 0 Å². The number of hydrogen-bond donors (Lipinski definition) is 1. The molecule has 1 N–H and O–H groups in total. The average molecular weight is 334 g/mol. The number of fused-ring (bicyclic) bond motifs is 1. The summed E-state index contributed by atoms with van der Waals surface area (Å²) in [6, 6.07) is 11.0. The first-order valence-corrected chi connectivity index (χ1v) is 7.51. The van der Waals surface area contributed by atoms with Crippen LogP contribution in [0.2, 0.25) is 10.0 Å². The van der Waals surface area contributed by atoms with Crippen LogP contribution < -0.4 is 5.32 Å². The van der Waals surface area contributed by atoms with Gasteiger partial charge in [-0.25, -0.2) is 0 Å². The lowest BCUT2D eigenvalue weighted by atomic mass is 10.1. The van der Waals surface area contributed by atoms with Crippen LogP contribution in [-0.4, -0.2) is 5.91 Å². The van der Waals surface area contributed by atoms with Gasteiger partial charge in [-0.1, -0.05) is 40.9 Å². The molecule has 0 fully saturated rings. The molecule has 1 aromatic heterocycles. The Kier molecular flexibility index (Phi) is 4.10. The number of furan rings is 1. The number of benzene rings is 2. The van der Waals surface area contributed by atoms with Crippen LogP contribution in [0.1, 0.15) is 11.1 Å². The number of aryl methyl sites for hydroxylation is 1. The molecule has 3 aromatic rings. The Balaban J connectivity index is 1.81. The Hall–Kier alpha value is -1.97. The van der Waals surface area contributed by atoms with E-state index in [1.807, 2.05) is 25.1 Å². The predicted octanol–water partition coefficient (Wildman–Crippen LogP) is 5.23. The van der Waals surface area contributed by atoms with Crippen molar-refractivity contribution >= 4 is 45.8 Å². The van der Waals surface area contributed by atoms with E-state index in [2.05, 4.69) is 5.32 Å². The van der Waals surface area contributed by atoms with E-state index in [0.717, 1.165) is 22.1 Å². The van der Waals surface area contributed by atoms with Crippen molar-refractivity contribution in [2.45, 2.75) is 13.3 Å². The lowest BCUT2D eigenvalue weighted by molar-refractivity contribution is -0.115. The lowest BCUT2D eigenvalue weighted by Gasteiger charge is -2.07. The second-order valence-electron chi connectivity index (χ2n) is 5.09. The van der Waals surface area contributed by atoms with E-state index in [0.29, 0.717) is 15.7 Å². The van der Waals surface area contributed by atoms with Crippen molar-refractivity contribution in [3.05, 3.63) is 63.8 Å². The number of hydrogen-bond acceptors (Lipinski definition) is 2. The van der Waals surface area contributed by atoms with E-state index in [9.17, 15) is 4.79 Å². The van der Waals surface area contributed by atoms with Gasteiger partial charge < -0.3 is 9.73 Å². The van der Waals surface area contributed by atoms with E-state index >= 15 is 0 Å². The third-order valence-electron chi connectivity index (χ3n) is 3.39. The summed E-state index contributed by atoms with van der Waals surface area (Å²) >= 11 is 12.0. The Bertz CT molecular complexity index is 855. The summed E-state index contributed by atoms with van der Waals surface area (Å²) in [6.45, 7) is 2.00. The highest BCUT2D eigenvalue weighted by Gasteiger charge is 2.12. The highest BCUT2D eigenvalue weighted by Crippen LogP contribution is 2.30. The minimum Gasteiger partial charge on any atom is -0.464 e. The standard InChI is InChI=1S/C17H13Cl2NO2/c1-10-5-6-15-12(7-10)11(9-22-15)8-16(21)20-14-4-2-3-13(18)17(14)19/h2-7,9H,8H2,1H3,(H,20,21). The van der Waals surface area contributed by atoms with E-state index in [4.69, 9.17) is 27.6 Å². The highest BCUT2D eigenvalue weighted by molar-refractivity contribution is 6.44. The molecule has 0 aliphatic rings. The molecule has 0 bridgehead atoms. The van der Waals surface area contributed by atoms with E-state index in [1.54, 1.807) is 24.5 Å². The maximum absolute atomic E-state index is 12.2. The third kappa shape index (κ3) is 2.96. The van der Waals surface area contributed by atoms with Crippen molar-refractivity contribution in [1.82, 2.24) is 0 Å². The number of rotatable bonds is 3. The zero-order valence-corrected chi connectivity index (χ0v) is 13.3. The maximum atomic E-state index is 12.2. The molecular weight excluding hydrogens is 321 g/mol. The number of carbonyl (C=O) groups is 1. The van der Waals surface area contributed by atoms with Gasteiger partial charge in [0.05, 0.1) is 28.4 Å². The van der Waals surface area contributed by atoms with Gasteiger partial charge in [0.1, 0.15) is 5.58 Å². The first-order valence-electron chi connectivity index (χ1n) is 6.75. The monoisotopic (exact) mass is 333 g/mol. The van der Waals surface area contributed by atoms with Crippen LogP contribution in [-0.2, 0) is 11.2 Å². The van der Waals surface area contributed by atoms with Crippen molar-refractivity contribution in [1.29, 1.82) is 0 Å². The van der Waals surface area contributed by atoms with Crippen LogP contribution in [0.5, 0.6) is 0 Å². The topological polar surface area (TPSA) is 42.2 Å². The molecule has 3 nitrogen and oxygen atoms in total.